The molecule has 1 radical (unpaired) electrons. The zero-order chi connectivity index (χ0) is 10.1. The molecule has 0 atom stereocenters. The van der Waals surface area contributed by atoms with Gasteiger partial charge in [0.2, 0.25) is 0 Å². The molecule has 3 nitrogen and oxygen atoms in total. The molecule has 0 fully saturated rings. The van der Waals surface area contributed by atoms with Gasteiger partial charge in [-0.1, -0.05) is 17.7 Å². The minimum absolute atomic E-state index is 0.0481. The van der Waals surface area contributed by atoms with E-state index in [9.17, 15) is 8.42 Å². The third kappa shape index (κ3) is 2.29. The molecule has 0 unspecified atom stereocenters. The van der Waals surface area contributed by atoms with Gasteiger partial charge in [-0.15, -0.1) is 0 Å². The Morgan fingerprint density at radius 3 is 2.54 bits per heavy atom. The van der Waals surface area contributed by atoms with E-state index in [-0.39, 0.29) is 4.90 Å². The van der Waals surface area contributed by atoms with Crippen LogP contribution in [0.15, 0.2) is 23.1 Å². The van der Waals surface area contributed by atoms with Crippen molar-refractivity contribution in [3.05, 3.63) is 36.2 Å². The fraction of sp³-hybridized carbons (Fsp3) is 0.222. The summed E-state index contributed by atoms with van der Waals surface area (Å²) >= 11 is 0. The monoisotopic (exact) mass is 199 g/mol. The van der Waals surface area contributed by atoms with Crippen LogP contribution in [0.5, 0.6) is 0 Å². The molecule has 13 heavy (non-hydrogen) atoms. The van der Waals surface area contributed by atoms with Crippen LogP contribution in [-0.2, 0) is 16.5 Å². The van der Waals surface area contributed by atoms with E-state index in [1.807, 2.05) is 6.92 Å². The molecule has 0 aliphatic rings. The first kappa shape index (κ1) is 10.2. The van der Waals surface area contributed by atoms with Gasteiger partial charge >= 0.3 is 0 Å². The van der Waals surface area contributed by atoms with Crippen molar-refractivity contribution in [1.29, 1.82) is 0 Å². The molecule has 1 aromatic rings. The van der Waals surface area contributed by atoms with Crippen molar-refractivity contribution >= 4 is 10.1 Å². The van der Waals surface area contributed by atoms with Gasteiger partial charge in [0.15, 0.2) is 0 Å². The highest BCUT2D eigenvalue weighted by Gasteiger charge is 2.13. The zero-order valence-corrected chi connectivity index (χ0v) is 8.13. The summed E-state index contributed by atoms with van der Waals surface area (Å²) in [6.45, 7) is 5.45. The van der Waals surface area contributed by atoms with Crippen molar-refractivity contribution < 1.29 is 13.0 Å². The molecule has 1 N–H and O–H groups in total. The summed E-state index contributed by atoms with van der Waals surface area (Å²) in [5, 5.41) is 0. The highest BCUT2D eigenvalue weighted by atomic mass is 32.2. The first-order valence-electron chi connectivity index (χ1n) is 3.81. The van der Waals surface area contributed by atoms with Crippen LogP contribution in [0.2, 0.25) is 0 Å². The van der Waals surface area contributed by atoms with Crippen LogP contribution in [0.4, 0.5) is 0 Å². The molecular weight excluding hydrogens is 188 g/mol. The van der Waals surface area contributed by atoms with E-state index >= 15 is 0 Å². The van der Waals surface area contributed by atoms with Crippen LogP contribution in [0.25, 0.3) is 0 Å². The Morgan fingerprint density at radius 2 is 2.08 bits per heavy atom. The van der Waals surface area contributed by atoms with E-state index in [2.05, 4.69) is 6.92 Å². The van der Waals surface area contributed by atoms with E-state index in [1.54, 1.807) is 12.1 Å². The van der Waals surface area contributed by atoms with Crippen molar-refractivity contribution in [1.82, 2.24) is 0 Å². The number of hydrogen-bond donors (Lipinski definition) is 1. The van der Waals surface area contributed by atoms with Crippen LogP contribution in [0, 0.1) is 13.8 Å². The van der Waals surface area contributed by atoms with Crippen molar-refractivity contribution in [3.8, 4) is 0 Å². The maximum atomic E-state index is 10.9. The van der Waals surface area contributed by atoms with Crippen LogP contribution >= 0.6 is 0 Å². The maximum absolute atomic E-state index is 10.9. The van der Waals surface area contributed by atoms with E-state index in [0.29, 0.717) is 12.0 Å². The lowest BCUT2D eigenvalue weighted by atomic mass is 10.1. The number of hydrogen-bond acceptors (Lipinski definition) is 2. The summed E-state index contributed by atoms with van der Waals surface area (Å²) in [6, 6.07) is 4.74. The minimum atomic E-state index is -4.10. The third-order valence-electron chi connectivity index (χ3n) is 1.76. The predicted octanol–water partition coefficient (Wildman–Crippen LogP) is 1.62. The molecule has 0 amide bonds. The predicted molar refractivity (Wildman–Crippen MR) is 50.1 cm³/mol. The number of aryl methyl sites for hydroxylation is 1. The van der Waals surface area contributed by atoms with Gasteiger partial charge in [-0.05, 0) is 31.9 Å². The Balaban J connectivity index is 3.39. The van der Waals surface area contributed by atoms with Gasteiger partial charge in [0, 0.05) is 0 Å². The molecule has 4 heteroatoms. The summed E-state index contributed by atoms with van der Waals surface area (Å²) in [5.41, 5.74) is 1.49. The highest BCUT2D eigenvalue weighted by Crippen LogP contribution is 2.17. The van der Waals surface area contributed by atoms with Crippen molar-refractivity contribution in [2.75, 3.05) is 0 Å². The average Bonchev–Trinajstić information content (AvgIpc) is 2.01. The molecule has 0 saturated heterocycles. The fourth-order valence-electron chi connectivity index (χ4n) is 1.16. The molecule has 0 saturated carbocycles. The van der Waals surface area contributed by atoms with Crippen molar-refractivity contribution in [2.24, 2.45) is 0 Å². The Hall–Kier alpha value is -0.870. The lowest BCUT2D eigenvalue weighted by Crippen LogP contribution is -2.02. The Labute approximate surface area is 78.2 Å². The highest BCUT2D eigenvalue weighted by molar-refractivity contribution is 7.85. The Morgan fingerprint density at radius 1 is 1.46 bits per heavy atom. The summed E-state index contributed by atoms with van der Waals surface area (Å²) in [5.74, 6) is 0. The fourth-order valence-corrected chi connectivity index (χ4v) is 1.89. The summed E-state index contributed by atoms with van der Waals surface area (Å²) in [6.07, 6.45) is 0.344. The van der Waals surface area contributed by atoms with Crippen molar-refractivity contribution in [3.63, 3.8) is 0 Å². The molecule has 0 bridgehead atoms. The molecule has 71 valence electrons. The van der Waals surface area contributed by atoms with Gasteiger partial charge in [-0.3, -0.25) is 4.55 Å². The smallest absolute Gasteiger partial charge is 0.282 e. The zero-order valence-electron chi connectivity index (χ0n) is 7.32. The van der Waals surface area contributed by atoms with Gasteiger partial charge in [0.1, 0.15) is 0 Å². The van der Waals surface area contributed by atoms with Crippen LogP contribution in [-0.4, -0.2) is 13.0 Å². The number of rotatable bonds is 2. The lowest BCUT2D eigenvalue weighted by molar-refractivity contribution is 0.482. The summed E-state index contributed by atoms with van der Waals surface area (Å²) in [4.78, 5) is -0.0481. The third-order valence-corrected chi connectivity index (χ3v) is 2.72. The van der Waals surface area contributed by atoms with Gasteiger partial charge in [0.25, 0.3) is 10.1 Å². The Bertz CT molecular complexity index is 407. The van der Waals surface area contributed by atoms with Crippen molar-refractivity contribution in [2.45, 2.75) is 18.2 Å². The number of benzene rings is 1. The van der Waals surface area contributed by atoms with E-state index in [4.69, 9.17) is 4.55 Å². The SMILES string of the molecule is [CH2]Cc1cc(C)ccc1S(=O)(=O)O. The van der Waals surface area contributed by atoms with Gasteiger partial charge < -0.3 is 0 Å². The maximum Gasteiger partial charge on any atom is 0.294 e. The summed E-state index contributed by atoms with van der Waals surface area (Å²) < 4.78 is 30.5. The molecule has 1 rings (SSSR count). The molecule has 0 spiro atoms. The second kappa shape index (κ2) is 3.47. The van der Waals surface area contributed by atoms with Crippen LogP contribution in [0.1, 0.15) is 11.1 Å². The molecule has 0 aliphatic heterocycles. The first-order valence-corrected chi connectivity index (χ1v) is 5.25. The largest absolute Gasteiger partial charge is 0.294 e. The first-order chi connectivity index (χ1) is 5.95. The lowest BCUT2D eigenvalue weighted by Gasteiger charge is -2.04. The van der Waals surface area contributed by atoms with Crippen LogP contribution in [0.3, 0.4) is 0 Å². The van der Waals surface area contributed by atoms with Crippen LogP contribution < -0.4 is 0 Å². The molecule has 0 aliphatic carbocycles. The second-order valence-corrected chi connectivity index (χ2v) is 4.23. The Kier molecular flexibility index (Phi) is 2.73. The minimum Gasteiger partial charge on any atom is -0.282 e. The van der Waals surface area contributed by atoms with E-state index in [1.165, 1.54) is 6.07 Å². The average molecular weight is 199 g/mol. The van der Waals surface area contributed by atoms with Gasteiger partial charge in [0.05, 0.1) is 4.90 Å². The molecule has 0 heterocycles. The normalized spacial score (nSPS) is 11.6. The molecule has 0 aromatic heterocycles. The van der Waals surface area contributed by atoms with Gasteiger partial charge in [-0.25, -0.2) is 0 Å². The molecular formula is C9H11O3S. The topological polar surface area (TPSA) is 54.4 Å². The van der Waals surface area contributed by atoms with E-state index < -0.39 is 10.1 Å². The summed E-state index contributed by atoms with van der Waals surface area (Å²) in [7, 11) is -4.10. The molecule has 1 aromatic carbocycles. The second-order valence-electron chi connectivity index (χ2n) is 2.84. The van der Waals surface area contributed by atoms with E-state index in [0.717, 1.165) is 5.56 Å². The standard InChI is InChI=1S/C9H11O3S/c1-3-8-6-7(2)4-5-9(8)13(10,11)12/h4-6H,1,3H2,2H3,(H,10,11,12). The van der Waals surface area contributed by atoms with Gasteiger partial charge in [-0.2, -0.15) is 8.42 Å². The quantitative estimate of drug-likeness (QED) is 0.736.